The van der Waals surface area contributed by atoms with E-state index >= 15 is 0 Å². The van der Waals surface area contributed by atoms with E-state index in [-0.39, 0.29) is 12.2 Å². The van der Waals surface area contributed by atoms with Gasteiger partial charge in [-0.3, -0.25) is 4.79 Å². The molecule has 2 heterocycles. The molecule has 82 valence electrons. The molecule has 0 saturated heterocycles. The van der Waals surface area contributed by atoms with Crippen LogP contribution in [0.5, 0.6) is 0 Å². The Morgan fingerprint density at radius 1 is 1.44 bits per heavy atom. The molecule has 0 aromatic carbocycles. The fourth-order valence-electron chi connectivity index (χ4n) is 2.07. The monoisotopic (exact) mass is 234 g/mol. The highest BCUT2D eigenvalue weighted by molar-refractivity contribution is 7.10. The summed E-state index contributed by atoms with van der Waals surface area (Å²) in [4.78, 5) is 12.8. The van der Waals surface area contributed by atoms with E-state index in [1.165, 1.54) is 11.3 Å². The van der Waals surface area contributed by atoms with Crippen LogP contribution in [0.2, 0.25) is 0 Å². The van der Waals surface area contributed by atoms with Gasteiger partial charge in [-0.05, 0) is 12.1 Å². The molecule has 3 nitrogen and oxygen atoms in total. The minimum absolute atomic E-state index is 0.0152. The van der Waals surface area contributed by atoms with Crippen LogP contribution in [0, 0.1) is 0 Å². The first-order chi connectivity index (χ1) is 7.75. The zero-order chi connectivity index (χ0) is 11.1. The van der Waals surface area contributed by atoms with Gasteiger partial charge >= 0.3 is 0 Å². The van der Waals surface area contributed by atoms with Crippen LogP contribution in [-0.4, -0.2) is 17.0 Å². The lowest BCUT2D eigenvalue weighted by Crippen LogP contribution is -2.22. The minimum atomic E-state index is -0.525. The first kappa shape index (κ1) is 9.81. The van der Waals surface area contributed by atoms with Crippen molar-refractivity contribution in [3.05, 3.63) is 34.2 Å². The summed E-state index contributed by atoms with van der Waals surface area (Å²) in [6, 6.07) is 3.65. The Kier molecular flexibility index (Phi) is 2.19. The maximum Gasteiger partial charge on any atom is 0.167 e. The molecule has 0 amide bonds. The van der Waals surface area contributed by atoms with Gasteiger partial charge in [-0.15, -0.1) is 11.3 Å². The minimum Gasteiger partial charge on any atom is -0.464 e. The lowest BCUT2D eigenvalue weighted by Gasteiger charge is -2.16. The Morgan fingerprint density at radius 2 is 2.31 bits per heavy atom. The standard InChI is InChI=1S/C12H10O3S/c13-7-4-9(14)12-8(6-16-11(12)5-7)10-2-1-3-15-10/h1-3,6-7,13H,4-5H2. The molecule has 0 spiro atoms. The van der Waals surface area contributed by atoms with Gasteiger partial charge in [-0.2, -0.15) is 0 Å². The molecule has 2 aromatic heterocycles. The van der Waals surface area contributed by atoms with Gasteiger partial charge in [0.15, 0.2) is 5.78 Å². The highest BCUT2D eigenvalue weighted by Crippen LogP contribution is 2.36. The molecule has 1 aliphatic carbocycles. The Labute approximate surface area is 96.3 Å². The van der Waals surface area contributed by atoms with Crippen LogP contribution in [0.15, 0.2) is 28.2 Å². The normalized spacial score (nSPS) is 19.8. The van der Waals surface area contributed by atoms with Gasteiger partial charge in [-0.1, -0.05) is 0 Å². The van der Waals surface area contributed by atoms with Crippen LogP contribution in [0.25, 0.3) is 11.3 Å². The topological polar surface area (TPSA) is 50.4 Å². The number of aliphatic hydroxyl groups is 1. The van der Waals surface area contributed by atoms with Gasteiger partial charge < -0.3 is 9.52 Å². The fourth-order valence-corrected chi connectivity index (χ4v) is 3.19. The maximum atomic E-state index is 11.9. The average Bonchev–Trinajstić information content (AvgIpc) is 2.82. The molecule has 3 rings (SSSR count). The number of furan rings is 1. The van der Waals surface area contributed by atoms with Crippen molar-refractivity contribution in [3.63, 3.8) is 0 Å². The number of hydrogen-bond donors (Lipinski definition) is 1. The smallest absolute Gasteiger partial charge is 0.167 e. The van der Waals surface area contributed by atoms with E-state index in [0.717, 1.165) is 21.8 Å². The van der Waals surface area contributed by atoms with E-state index in [1.54, 1.807) is 6.26 Å². The van der Waals surface area contributed by atoms with Crippen molar-refractivity contribution >= 4 is 17.1 Å². The molecule has 0 radical (unpaired) electrons. The molecule has 0 bridgehead atoms. The molecule has 4 heteroatoms. The molecule has 0 fully saturated rings. The average molecular weight is 234 g/mol. The van der Waals surface area contributed by atoms with Gasteiger partial charge in [0.1, 0.15) is 5.76 Å². The molecule has 0 aliphatic heterocycles. The molecule has 16 heavy (non-hydrogen) atoms. The van der Waals surface area contributed by atoms with Crippen molar-refractivity contribution in [3.8, 4) is 11.3 Å². The van der Waals surface area contributed by atoms with E-state index in [4.69, 9.17) is 4.42 Å². The number of ketones is 1. The molecular weight excluding hydrogens is 224 g/mol. The number of rotatable bonds is 1. The summed E-state index contributed by atoms with van der Waals surface area (Å²) in [5.74, 6) is 0.739. The molecule has 1 N–H and O–H groups in total. The summed E-state index contributed by atoms with van der Waals surface area (Å²) < 4.78 is 5.31. The molecule has 1 unspecified atom stereocenters. The number of thiophene rings is 1. The van der Waals surface area contributed by atoms with Crippen LogP contribution < -0.4 is 0 Å². The Hall–Kier alpha value is -1.39. The van der Waals surface area contributed by atoms with Crippen molar-refractivity contribution in [1.82, 2.24) is 0 Å². The summed E-state index contributed by atoms with van der Waals surface area (Å²) in [5, 5.41) is 11.5. The lowest BCUT2D eigenvalue weighted by molar-refractivity contribution is 0.0857. The third-order valence-electron chi connectivity index (χ3n) is 2.77. The van der Waals surface area contributed by atoms with E-state index in [1.807, 2.05) is 17.5 Å². The highest BCUT2D eigenvalue weighted by Gasteiger charge is 2.28. The van der Waals surface area contributed by atoms with Crippen molar-refractivity contribution in [2.75, 3.05) is 0 Å². The quantitative estimate of drug-likeness (QED) is 0.824. The zero-order valence-electron chi connectivity index (χ0n) is 8.47. The second kappa shape index (κ2) is 3.57. The summed E-state index contributed by atoms with van der Waals surface area (Å²) in [7, 11) is 0. The summed E-state index contributed by atoms with van der Waals surface area (Å²) in [6.07, 6.45) is 1.87. The van der Waals surface area contributed by atoms with Crippen molar-refractivity contribution < 1.29 is 14.3 Å². The predicted molar refractivity (Wildman–Crippen MR) is 60.7 cm³/mol. The number of Topliss-reactive ketones (excluding diaryl/α,β-unsaturated/α-hetero) is 1. The van der Waals surface area contributed by atoms with Gasteiger partial charge in [0.2, 0.25) is 0 Å². The van der Waals surface area contributed by atoms with Crippen molar-refractivity contribution in [2.24, 2.45) is 0 Å². The van der Waals surface area contributed by atoms with Crippen LogP contribution >= 0.6 is 11.3 Å². The maximum absolute atomic E-state index is 11.9. The third kappa shape index (κ3) is 1.42. The third-order valence-corrected chi connectivity index (χ3v) is 3.78. The molecule has 1 atom stereocenters. The zero-order valence-corrected chi connectivity index (χ0v) is 9.29. The van der Waals surface area contributed by atoms with Crippen molar-refractivity contribution in [2.45, 2.75) is 18.9 Å². The van der Waals surface area contributed by atoms with E-state index < -0.39 is 6.10 Å². The molecular formula is C12H10O3S. The fraction of sp³-hybridized carbons (Fsp3) is 0.250. The van der Waals surface area contributed by atoms with Crippen LogP contribution in [0.1, 0.15) is 21.7 Å². The van der Waals surface area contributed by atoms with Crippen LogP contribution in [-0.2, 0) is 6.42 Å². The highest BCUT2D eigenvalue weighted by atomic mass is 32.1. The molecule has 1 aliphatic rings. The number of carbonyl (C=O) groups excluding carboxylic acids is 1. The van der Waals surface area contributed by atoms with E-state index in [9.17, 15) is 9.90 Å². The number of hydrogen-bond acceptors (Lipinski definition) is 4. The van der Waals surface area contributed by atoms with Gasteiger partial charge in [0.25, 0.3) is 0 Å². The van der Waals surface area contributed by atoms with E-state index in [2.05, 4.69) is 0 Å². The van der Waals surface area contributed by atoms with Gasteiger partial charge in [0.05, 0.1) is 12.4 Å². The Balaban J connectivity index is 2.14. The molecule has 0 saturated carbocycles. The van der Waals surface area contributed by atoms with Crippen LogP contribution in [0.3, 0.4) is 0 Å². The van der Waals surface area contributed by atoms with Crippen molar-refractivity contribution in [1.29, 1.82) is 0 Å². The Bertz CT molecular complexity index is 524. The van der Waals surface area contributed by atoms with Crippen LogP contribution in [0.4, 0.5) is 0 Å². The summed E-state index contributed by atoms with van der Waals surface area (Å²) in [5.41, 5.74) is 1.60. The first-order valence-corrected chi connectivity index (χ1v) is 5.99. The number of fused-ring (bicyclic) bond motifs is 1. The number of aliphatic hydroxyl groups excluding tert-OH is 1. The molecule has 2 aromatic rings. The lowest BCUT2D eigenvalue weighted by atomic mass is 9.92. The van der Waals surface area contributed by atoms with Gasteiger partial charge in [0, 0.05) is 34.2 Å². The van der Waals surface area contributed by atoms with E-state index in [0.29, 0.717) is 6.42 Å². The summed E-state index contributed by atoms with van der Waals surface area (Å²) >= 11 is 1.52. The second-order valence-electron chi connectivity index (χ2n) is 3.91. The number of carbonyl (C=O) groups is 1. The SMILES string of the molecule is O=C1CC(O)Cc2scc(-c3ccco3)c21. The summed E-state index contributed by atoms with van der Waals surface area (Å²) in [6.45, 7) is 0. The second-order valence-corrected chi connectivity index (χ2v) is 4.87. The first-order valence-electron chi connectivity index (χ1n) is 5.11. The van der Waals surface area contributed by atoms with Gasteiger partial charge in [-0.25, -0.2) is 0 Å². The largest absolute Gasteiger partial charge is 0.464 e. The Morgan fingerprint density at radius 3 is 3.06 bits per heavy atom. The predicted octanol–water partition coefficient (Wildman–Crippen LogP) is 2.50.